The number of aliphatic imine (C=N–C) groups is 1. The highest BCUT2D eigenvalue weighted by molar-refractivity contribution is 5.94. The Morgan fingerprint density at radius 2 is 1.92 bits per heavy atom. The molecule has 1 aromatic rings. The Bertz CT molecular complexity index is 615. The topological polar surface area (TPSA) is 73.3 Å². The van der Waals surface area contributed by atoms with Crippen molar-refractivity contribution in [2.45, 2.75) is 31.8 Å². The van der Waals surface area contributed by atoms with Crippen LogP contribution >= 0.6 is 0 Å². The smallest absolute Gasteiger partial charge is 0.195 e. The number of benzene rings is 1. The van der Waals surface area contributed by atoms with Gasteiger partial charge in [-0.15, -0.1) is 0 Å². The number of ether oxygens (including phenoxy) is 4. The first-order chi connectivity index (χ1) is 12.7. The zero-order chi connectivity index (χ0) is 18.2. The Labute approximate surface area is 155 Å². The van der Waals surface area contributed by atoms with Gasteiger partial charge in [-0.1, -0.05) is 0 Å². The molecule has 7 heteroatoms. The molecule has 2 aliphatic rings. The van der Waals surface area contributed by atoms with Crippen LogP contribution in [0.5, 0.6) is 11.5 Å². The molecule has 0 radical (unpaired) electrons. The summed E-state index contributed by atoms with van der Waals surface area (Å²) < 4.78 is 22.7. The molecule has 2 N–H and O–H groups in total. The summed E-state index contributed by atoms with van der Waals surface area (Å²) in [6.45, 7) is 6.21. The van der Waals surface area contributed by atoms with Gasteiger partial charge in [-0.2, -0.15) is 0 Å². The van der Waals surface area contributed by atoms with Gasteiger partial charge in [-0.25, -0.2) is 4.99 Å². The van der Waals surface area contributed by atoms with E-state index in [0.717, 1.165) is 62.2 Å². The fraction of sp³-hybridized carbons (Fsp3) is 0.632. The lowest BCUT2D eigenvalue weighted by Crippen LogP contribution is -2.42. The maximum atomic E-state index is 5.77. The van der Waals surface area contributed by atoms with Crippen LogP contribution in [0.4, 0.5) is 5.69 Å². The third kappa shape index (κ3) is 4.80. The summed E-state index contributed by atoms with van der Waals surface area (Å²) in [5.41, 5.74) is 0.665. The van der Waals surface area contributed by atoms with Gasteiger partial charge in [0.15, 0.2) is 17.5 Å². The molecule has 1 fully saturated rings. The van der Waals surface area contributed by atoms with Crippen molar-refractivity contribution in [3.05, 3.63) is 18.2 Å². The molecule has 2 aliphatic heterocycles. The highest BCUT2D eigenvalue weighted by atomic mass is 16.5. The summed E-state index contributed by atoms with van der Waals surface area (Å²) in [6, 6.07) is 5.86. The van der Waals surface area contributed by atoms with Gasteiger partial charge < -0.3 is 29.6 Å². The van der Waals surface area contributed by atoms with E-state index >= 15 is 0 Å². The second-order valence-electron chi connectivity index (χ2n) is 6.53. The lowest BCUT2D eigenvalue weighted by molar-refractivity contribution is -0.0828. The maximum Gasteiger partial charge on any atom is 0.195 e. The SMILES string of the molecule is CCNC(=NCC1(OC)CCOCC1)Nc1ccc2c(c1)OCCCO2. The van der Waals surface area contributed by atoms with Gasteiger partial charge in [0.1, 0.15) is 0 Å². The van der Waals surface area contributed by atoms with Crippen LogP contribution in [0, 0.1) is 0 Å². The Hall–Kier alpha value is -1.99. The summed E-state index contributed by atoms with van der Waals surface area (Å²) in [7, 11) is 1.75. The van der Waals surface area contributed by atoms with E-state index in [1.807, 2.05) is 25.1 Å². The molecule has 0 aromatic heterocycles. The van der Waals surface area contributed by atoms with Crippen molar-refractivity contribution >= 4 is 11.6 Å². The number of methoxy groups -OCH3 is 1. The highest BCUT2D eigenvalue weighted by Crippen LogP contribution is 2.32. The average Bonchev–Trinajstić information content (AvgIpc) is 2.92. The van der Waals surface area contributed by atoms with Gasteiger partial charge in [0.05, 0.1) is 25.4 Å². The van der Waals surface area contributed by atoms with E-state index in [1.54, 1.807) is 7.11 Å². The lowest BCUT2D eigenvalue weighted by Gasteiger charge is -2.34. The number of guanidine groups is 1. The summed E-state index contributed by atoms with van der Waals surface area (Å²) in [5, 5.41) is 6.63. The fourth-order valence-corrected chi connectivity index (χ4v) is 3.08. The van der Waals surface area contributed by atoms with Gasteiger partial charge in [0.25, 0.3) is 0 Å². The van der Waals surface area contributed by atoms with Crippen LogP contribution < -0.4 is 20.1 Å². The molecule has 26 heavy (non-hydrogen) atoms. The number of hydrogen-bond donors (Lipinski definition) is 2. The van der Waals surface area contributed by atoms with E-state index in [0.29, 0.717) is 19.8 Å². The normalized spacial score (nSPS) is 19.5. The van der Waals surface area contributed by atoms with E-state index in [4.69, 9.17) is 23.9 Å². The Morgan fingerprint density at radius 3 is 2.65 bits per heavy atom. The maximum absolute atomic E-state index is 5.77. The average molecular weight is 363 g/mol. The van der Waals surface area contributed by atoms with Crippen molar-refractivity contribution in [2.75, 3.05) is 51.9 Å². The van der Waals surface area contributed by atoms with E-state index in [2.05, 4.69) is 10.6 Å². The molecule has 0 aliphatic carbocycles. The number of anilines is 1. The molecule has 0 spiro atoms. The summed E-state index contributed by atoms with van der Waals surface area (Å²) in [4.78, 5) is 4.75. The molecule has 144 valence electrons. The van der Waals surface area contributed by atoms with Crippen molar-refractivity contribution in [2.24, 2.45) is 4.99 Å². The molecule has 0 unspecified atom stereocenters. The molecule has 2 heterocycles. The Balaban J connectivity index is 1.70. The number of nitrogens with zero attached hydrogens (tertiary/aromatic N) is 1. The first-order valence-corrected chi connectivity index (χ1v) is 9.32. The van der Waals surface area contributed by atoms with E-state index in [-0.39, 0.29) is 5.60 Å². The van der Waals surface area contributed by atoms with Crippen LogP contribution in [-0.4, -0.2) is 58.2 Å². The van der Waals surface area contributed by atoms with Gasteiger partial charge in [0.2, 0.25) is 0 Å². The molecule has 3 rings (SSSR count). The third-order valence-corrected chi connectivity index (χ3v) is 4.72. The first kappa shape index (κ1) is 18.8. The molecule has 1 saturated heterocycles. The fourth-order valence-electron chi connectivity index (χ4n) is 3.08. The van der Waals surface area contributed by atoms with Crippen molar-refractivity contribution in [3.63, 3.8) is 0 Å². The quantitative estimate of drug-likeness (QED) is 0.618. The predicted octanol–water partition coefficient (Wildman–Crippen LogP) is 2.42. The molecule has 0 saturated carbocycles. The van der Waals surface area contributed by atoms with Gasteiger partial charge in [-0.3, -0.25) is 0 Å². The van der Waals surface area contributed by atoms with E-state index in [9.17, 15) is 0 Å². The van der Waals surface area contributed by atoms with Crippen molar-refractivity contribution < 1.29 is 18.9 Å². The highest BCUT2D eigenvalue weighted by Gasteiger charge is 2.32. The van der Waals surface area contributed by atoms with Crippen LogP contribution in [0.15, 0.2) is 23.2 Å². The van der Waals surface area contributed by atoms with Crippen LogP contribution in [0.25, 0.3) is 0 Å². The summed E-state index contributed by atoms with van der Waals surface area (Å²) in [6.07, 6.45) is 2.61. The number of rotatable bonds is 5. The minimum atomic E-state index is -0.245. The van der Waals surface area contributed by atoms with Crippen molar-refractivity contribution in [1.29, 1.82) is 0 Å². The van der Waals surface area contributed by atoms with Crippen LogP contribution in [0.1, 0.15) is 26.2 Å². The van der Waals surface area contributed by atoms with Crippen molar-refractivity contribution in [1.82, 2.24) is 5.32 Å². The largest absolute Gasteiger partial charge is 0.490 e. The molecule has 0 bridgehead atoms. The van der Waals surface area contributed by atoms with E-state index in [1.165, 1.54) is 0 Å². The van der Waals surface area contributed by atoms with Crippen LogP contribution in [-0.2, 0) is 9.47 Å². The second-order valence-corrected chi connectivity index (χ2v) is 6.53. The van der Waals surface area contributed by atoms with Crippen LogP contribution in [0.2, 0.25) is 0 Å². The predicted molar refractivity (Wildman–Crippen MR) is 101 cm³/mol. The lowest BCUT2D eigenvalue weighted by atomic mass is 9.94. The zero-order valence-corrected chi connectivity index (χ0v) is 15.7. The Morgan fingerprint density at radius 1 is 1.15 bits per heavy atom. The minimum absolute atomic E-state index is 0.245. The molecule has 1 aromatic carbocycles. The van der Waals surface area contributed by atoms with Crippen LogP contribution in [0.3, 0.4) is 0 Å². The molecular formula is C19H29N3O4. The zero-order valence-electron chi connectivity index (χ0n) is 15.7. The summed E-state index contributed by atoms with van der Waals surface area (Å²) in [5.74, 6) is 2.28. The second kappa shape index (κ2) is 9.09. The minimum Gasteiger partial charge on any atom is -0.490 e. The first-order valence-electron chi connectivity index (χ1n) is 9.32. The molecular weight excluding hydrogens is 334 g/mol. The molecule has 0 atom stereocenters. The number of hydrogen-bond acceptors (Lipinski definition) is 5. The molecule has 7 nitrogen and oxygen atoms in total. The van der Waals surface area contributed by atoms with Gasteiger partial charge >= 0.3 is 0 Å². The Kier molecular flexibility index (Phi) is 6.57. The molecule has 0 amide bonds. The standard InChI is InChI=1S/C19H29N3O4/c1-3-20-18(21-14-19(23-2)7-11-24-12-8-19)22-15-5-6-16-17(13-15)26-10-4-9-25-16/h5-6,13H,3-4,7-12,14H2,1-2H3,(H2,20,21,22). The summed E-state index contributed by atoms with van der Waals surface area (Å²) >= 11 is 0. The van der Waals surface area contributed by atoms with Crippen molar-refractivity contribution in [3.8, 4) is 11.5 Å². The van der Waals surface area contributed by atoms with Gasteiger partial charge in [-0.05, 0) is 19.1 Å². The third-order valence-electron chi connectivity index (χ3n) is 4.72. The number of fused-ring (bicyclic) bond motifs is 1. The number of nitrogens with one attached hydrogen (secondary N) is 2. The monoisotopic (exact) mass is 363 g/mol. The van der Waals surface area contributed by atoms with Gasteiger partial charge in [0, 0.05) is 57.9 Å². The van der Waals surface area contributed by atoms with E-state index < -0.39 is 0 Å².